The topological polar surface area (TPSA) is 4.93 Å². The molecule has 0 spiro atoms. The van der Waals surface area contributed by atoms with Crippen LogP contribution >= 0.6 is 0 Å². The van der Waals surface area contributed by atoms with Gasteiger partial charge in [-0.3, -0.25) is 0 Å². The van der Waals surface area contributed by atoms with Gasteiger partial charge in [0.1, 0.15) is 0 Å². The van der Waals surface area contributed by atoms with Crippen molar-refractivity contribution in [1.29, 1.82) is 0 Å². The van der Waals surface area contributed by atoms with Crippen molar-refractivity contribution in [2.75, 3.05) is 0 Å². The molecule has 0 amide bonds. The molecule has 0 bridgehead atoms. The van der Waals surface area contributed by atoms with Crippen molar-refractivity contribution < 1.29 is 0 Å². The van der Waals surface area contributed by atoms with Crippen LogP contribution in [-0.2, 0) is 12.8 Å². The molecule has 6 aromatic rings. The second-order valence-corrected chi connectivity index (χ2v) is 11.7. The molecule has 2 heterocycles. The van der Waals surface area contributed by atoms with E-state index in [0.717, 1.165) is 6.42 Å². The van der Waals surface area contributed by atoms with E-state index in [1.165, 1.54) is 85.8 Å². The van der Waals surface area contributed by atoms with Gasteiger partial charge in [-0.25, -0.2) is 0 Å². The van der Waals surface area contributed by atoms with E-state index in [-0.39, 0.29) is 0 Å². The molecule has 0 radical (unpaired) electrons. The third-order valence-corrected chi connectivity index (χ3v) is 9.54. The van der Waals surface area contributed by atoms with E-state index in [1.807, 2.05) is 0 Å². The molecule has 0 N–H and O–H groups in total. The zero-order valence-electron chi connectivity index (χ0n) is 20.1. The predicted molar refractivity (Wildman–Crippen MR) is 150 cm³/mol. The first-order valence-electron chi connectivity index (χ1n) is 12.7. The Hall–Kier alpha value is -2.80. The number of unbranched alkanes of at least 4 members (excludes halogenated alkanes) is 2. The van der Waals surface area contributed by atoms with Crippen LogP contribution in [0.2, 0.25) is 0 Å². The third-order valence-electron chi connectivity index (χ3n) is 7.16. The minimum absolute atomic E-state index is 0.298. The van der Waals surface area contributed by atoms with Crippen molar-refractivity contribution in [2.24, 2.45) is 0 Å². The number of aryl methyl sites for hydroxylation is 2. The number of aromatic nitrogens is 1. The fourth-order valence-electron chi connectivity index (χ4n) is 5.34. The van der Waals surface area contributed by atoms with Crippen LogP contribution < -0.4 is 0 Å². The Morgan fingerprint density at radius 1 is 0.676 bits per heavy atom. The van der Waals surface area contributed by atoms with Crippen molar-refractivity contribution in [1.82, 2.24) is 4.57 Å². The summed E-state index contributed by atoms with van der Waals surface area (Å²) in [5.41, 5.74) is 5.64. The zero-order chi connectivity index (χ0) is 23.1. The number of hydrogen-bond acceptors (Lipinski definition) is 0. The monoisotopic (exact) mass is 509 g/mol. The summed E-state index contributed by atoms with van der Waals surface area (Å²) in [4.78, 5) is 0. The first kappa shape index (κ1) is 21.7. The molecule has 0 atom stereocenters. The Bertz CT molecular complexity index is 1630. The molecule has 0 saturated carbocycles. The van der Waals surface area contributed by atoms with E-state index in [1.54, 1.807) is 4.26 Å². The van der Waals surface area contributed by atoms with Crippen molar-refractivity contribution >= 4 is 55.6 Å². The molecule has 6 rings (SSSR count). The Morgan fingerprint density at radius 3 is 2.18 bits per heavy atom. The molecular weight excluding hydrogens is 477 g/mol. The Kier molecular flexibility index (Phi) is 5.81. The number of benzene rings is 4. The average Bonchev–Trinajstić information content (AvgIpc) is 3.39. The maximum absolute atomic E-state index is 2.61. The van der Waals surface area contributed by atoms with Crippen molar-refractivity contribution in [2.45, 2.75) is 52.4 Å². The predicted octanol–water partition coefficient (Wildman–Crippen LogP) is 8.83. The molecule has 1 nitrogen and oxygen atoms in total. The summed E-state index contributed by atoms with van der Waals surface area (Å²) in [6.45, 7) is 4.56. The van der Waals surface area contributed by atoms with Crippen LogP contribution in [0.4, 0.5) is 0 Å². The van der Waals surface area contributed by atoms with E-state index in [2.05, 4.69) is 97.3 Å². The first-order valence-corrected chi connectivity index (χ1v) is 14.5. The molecule has 4 aromatic carbocycles. The van der Waals surface area contributed by atoms with Gasteiger partial charge in [0, 0.05) is 0 Å². The van der Waals surface area contributed by atoms with Gasteiger partial charge in [0.15, 0.2) is 0 Å². The first-order chi connectivity index (χ1) is 16.8. The summed E-state index contributed by atoms with van der Waals surface area (Å²) >= 11 is 0.298. The molecule has 170 valence electrons. The molecule has 0 aliphatic heterocycles. The van der Waals surface area contributed by atoms with Crippen molar-refractivity contribution in [3.63, 3.8) is 0 Å². The fraction of sp³-hybridized carbons (Fsp3) is 0.250. The van der Waals surface area contributed by atoms with Gasteiger partial charge in [0.25, 0.3) is 0 Å². The number of hydrogen-bond donors (Lipinski definition) is 0. The number of fused-ring (bicyclic) bond motifs is 6. The normalized spacial score (nSPS) is 11.9. The molecule has 0 aliphatic rings. The van der Waals surface area contributed by atoms with Gasteiger partial charge in [-0.15, -0.1) is 0 Å². The van der Waals surface area contributed by atoms with E-state index in [0.29, 0.717) is 14.5 Å². The summed E-state index contributed by atoms with van der Waals surface area (Å²) in [5.74, 6) is 0. The number of rotatable bonds is 7. The second-order valence-electron chi connectivity index (χ2n) is 9.51. The van der Waals surface area contributed by atoms with Gasteiger partial charge in [-0.2, -0.15) is 0 Å². The van der Waals surface area contributed by atoms with Crippen LogP contribution in [0.15, 0.2) is 78.9 Å². The van der Waals surface area contributed by atoms with Crippen LogP contribution in [-0.4, -0.2) is 19.1 Å². The van der Waals surface area contributed by atoms with E-state index in [4.69, 9.17) is 0 Å². The number of nitrogens with zero attached hydrogens (tertiary/aromatic N) is 1. The Balaban J connectivity index is 1.68. The summed E-state index contributed by atoms with van der Waals surface area (Å²) in [7, 11) is 0. The van der Waals surface area contributed by atoms with Gasteiger partial charge in [-0.05, 0) is 0 Å². The van der Waals surface area contributed by atoms with Crippen LogP contribution in [0.3, 0.4) is 0 Å². The summed E-state index contributed by atoms with van der Waals surface area (Å²) in [6.07, 6.45) is 7.34. The van der Waals surface area contributed by atoms with Gasteiger partial charge < -0.3 is 0 Å². The van der Waals surface area contributed by atoms with Crippen LogP contribution in [0.25, 0.3) is 46.8 Å². The van der Waals surface area contributed by atoms with Gasteiger partial charge in [-0.1, -0.05) is 0 Å². The zero-order valence-corrected chi connectivity index (χ0v) is 21.8. The second kappa shape index (κ2) is 9.10. The van der Waals surface area contributed by atoms with Crippen LogP contribution in [0.5, 0.6) is 0 Å². The summed E-state index contributed by atoms with van der Waals surface area (Å²) in [5, 5.41) is 6.98. The molecule has 0 unspecified atom stereocenters. The van der Waals surface area contributed by atoms with Crippen LogP contribution in [0, 0.1) is 0 Å². The quantitative estimate of drug-likeness (QED) is 0.190. The molecule has 0 fully saturated rings. The summed E-state index contributed by atoms with van der Waals surface area (Å²) in [6, 6.07) is 30.1. The third kappa shape index (κ3) is 3.61. The Labute approximate surface area is 207 Å². The van der Waals surface area contributed by atoms with E-state index < -0.39 is 0 Å². The Morgan fingerprint density at radius 2 is 1.38 bits per heavy atom. The standard InChI is InChI=1S/C32H31NSe/c1-3-5-10-22-16-18-26-29(20-22)33(28-15-9-13-24-12-7-8-14-25(24)28)32-31(26)27-19-17-23(11-6-4-2)21-30(27)34-32/h7-9,12-21H,3-6,10-11H2,1-2H3. The average molecular weight is 509 g/mol. The van der Waals surface area contributed by atoms with E-state index >= 15 is 0 Å². The molecule has 2 aromatic heterocycles. The molecule has 34 heavy (non-hydrogen) atoms. The maximum atomic E-state index is 2.61. The van der Waals surface area contributed by atoms with Gasteiger partial charge in [0.05, 0.1) is 0 Å². The minimum atomic E-state index is 0.298. The van der Waals surface area contributed by atoms with Crippen LogP contribution in [0.1, 0.15) is 50.7 Å². The van der Waals surface area contributed by atoms with Gasteiger partial charge >= 0.3 is 208 Å². The van der Waals surface area contributed by atoms with E-state index in [9.17, 15) is 0 Å². The van der Waals surface area contributed by atoms with Gasteiger partial charge in [0.2, 0.25) is 0 Å². The fourth-order valence-corrected chi connectivity index (χ4v) is 8.09. The molecule has 2 heteroatoms. The van der Waals surface area contributed by atoms with Crippen molar-refractivity contribution in [3.8, 4) is 5.69 Å². The summed E-state index contributed by atoms with van der Waals surface area (Å²) < 4.78 is 5.67. The van der Waals surface area contributed by atoms with Crippen molar-refractivity contribution in [3.05, 3.63) is 90.0 Å². The molecule has 0 aliphatic carbocycles. The molecule has 0 saturated heterocycles. The molecular formula is C32H31NSe. The SMILES string of the molecule is CCCCc1ccc2c(c1)[se]c1c2c2ccc(CCCC)cc2n1-c1cccc2ccccc12.